The molecule has 0 bridgehead atoms. The average molecular weight is 439 g/mol. The van der Waals surface area contributed by atoms with Gasteiger partial charge in [-0.15, -0.1) is 0 Å². The number of ketones is 1. The Morgan fingerprint density at radius 1 is 1.17 bits per heavy atom. The summed E-state index contributed by atoms with van der Waals surface area (Å²) in [7, 11) is -2.27. The highest BCUT2D eigenvalue weighted by atomic mass is 35.5. The Hall–Kier alpha value is -2.12. The first-order valence-corrected chi connectivity index (χ1v) is 11.3. The number of allylic oxidation sites excluding steroid dienone is 2. The minimum Gasteiger partial charge on any atom is -0.361 e. The van der Waals surface area contributed by atoms with Crippen molar-refractivity contribution in [2.45, 2.75) is 48.0 Å². The molecule has 1 heterocycles. The molecule has 0 atom stereocenters. The van der Waals surface area contributed by atoms with E-state index >= 15 is 0 Å². The van der Waals surface area contributed by atoms with Crippen molar-refractivity contribution in [1.29, 1.82) is 0 Å². The predicted octanol–water partition coefficient (Wildman–Crippen LogP) is 4.85. The number of aromatic nitrogens is 2. The van der Waals surface area contributed by atoms with Crippen LogP contribution in [0.3, 0.4) is 0 Å². The predicted molar refractivity (Wildman–Crippen MR) is 116 cm³/mol. The molecule has 158 valence electrons. The van der Waals surface area contributed by atoms with Gasteiger partial charge in [0.05, 0.1) is 11.4 Å². The Labute approximate surface area is 177 Å². The molecule has 8 heteroatoms. The number of rotatable bonds is 7. The quantitative estimate of drug-likeness (QED) is 0.456. The van der Waals surface area contributed by atoms with Gasteiger partial charge in [-0.3, -0.25) is 4.79 Å². The fourth-order valence-electron chi connectivity index (χ4n) is 3.18. The van der Waals surface area contributed by atoms with Crippen LogP contribution in [0.2, 0.25) is 5.02 Å². The molecule has 29 heavy (non-hydrogen) atoms. The van der Waals surface area contributed by atoms with Crippen LogP contribution in [0.1, 0.15) is 66.9 Å². The molecule has 1 aromatic carbocycles. The van der Waals surface area contributed by atoms with Crippen molar-refractivity contribution in [2.75, 3.05) is 5.75 Å². The van der Waals surface area contributed by atoms with Crippen molar-refractivity contribution in [3.05, 3.63) is 50.7 Å². The minimum absolute atomic E-state index is 0.0733. The van der Waals surface area contributed by atoms with Crippen LogP contribution < -0.4 is 4.18 Å². The molecule has 0 aliphatic rings. The van der Waals surface area contributed by atoms with E-state index in [2.05, 4.69) is 5.10 Å². The molecular weight excluding hydrogens is 412 g/mol. The molecule has 0 aliphatic heterocycles. The Balaban J connectivity index is 2.66. The van der Waals surface area contributed by atoms with Gasteiger partial charge < -0.3 is 4.18 Å². The fourth-order valence-corrected chi connectivity index (χ4v) is 4.54. The van der Waals surface area contributed by atoms with E-state index in [1.807, 2.05) is 27.7 Å². The Morgan fingerprint density at radius 3 is 2.34 bits per heavy atom. The van der Waals surface area contributed by atoms with Gasteiger partial charge in [-0.25, -0.2) is 4.68 Å². The third kappa shape index (κ3) is 4.73. The van der Waals surface area contributed by atoms with Crippen LogP contribution in [0.5, 0.6) is 5.88 Å². The van der Waals surface area contributed by atoms with Crippen molar-refractivity contribution < 1.29 is 17.4 Å². The number of benzene rings is 1. The lowest BCUT2D eigenvalue weighted by molar-refractivity contribution is 0.103. The Bertz CT molecular complexity index is 1090. The van der Waals surface area contributed by atoms with E-state index in [4.69, 9.17) is 15.8 Å². The molecule has 6 nitrogen and oxygen atoms in total. The molecule has 0 saturated heterocycles. The number of carbonyl (C=O) groups is 1. The summed E-state index contributed by atoms with van der Waals surface area (Å²) in [6.07, 6.45) is 0.407. The van der Waals surface area contributed by atoms with E-state index in [0.717, 1.165) is 22.3 Å². The molecule has 1 aromatic heterocycles. The first kappa shape index (κ1) is 23.2. The monoisotopic (exact) mass is 438 g/mol. The van der Waals surface area contributed by atoms with E-state index in [1.54, 1.807) is 33.0 Å². The van der Waals surface area contributed by atoms with E-state index in [9.17, 15) is 13.2 Å². The van der Waals surface area contributed by atoms with Crippen LogP contribution in [0, 0.1) is 13.8 Å². The van der Waals surface area contributed by atoms with Crippen molar-refractivity contribution in [3.63, 3.8) is 0 Å². The zero-order valence-electron chi connectivity index (χ0n) is 17.9. The van der Waals surface area contributed by atoms with Crippen LogP contribution in [0.25, 0.3) is 5.57 Å². The lowest BCUT2D eigenvalue weighted by atomic mass is 9.91. The third-order valence-electron chi connectivity index (χ3n) is 4.84. The van der Waals surface area contributed by atoms with Gasteiger partial charge in [0.25, 0.3) is 0 Å². The first-order chi connectivity index (χ1) is 13.4. The maximum atomic E-state index is 13.4. The molecule has 0 spiro atoms. The lowest BCUT2D eigenvalue weighted by Gasteiger charge is -2.15. The molecule has 2 rings (SSSR count). The molecule has 0 saturated carbocycles. The molecular formula is C21H27ClN2O4S. The van der Waals surface area contributed by atoms with Gasteiger partial charge in [0, 0.05) is 17.6 Å². The van der Waals surface area contributed by atoms with E-state index in [0.29, 0.717) is 22.7 Å². The summed E-state index contributed by atoms with van der Waals surface area (Å²) in [6.45, 7) is 11.1. The molecule has 2 aromatic rings. The second-order valence-corrected chi connectivity index (χ2v) is 9.38. The van der Waals surface area contributed by atoms with Crippen LogP contribution in [0.15, 0.2) is 17.7 Å². The minimum atomic E-state index is -3.82. The molecule has 0 amide bonds. The van der Waals surface area contributed by atoms with Crippen LogP contribution >= 0.6 is 11.6 Å². The van der Waals surface area contributed by atoms with Gasteiger partial charge in [-0.2, -0.15) is 13.5 Å². The summed E-state index contributed by atoms with van der Waals surface area (Å²) in [5.74, 6) is -0.570. The average Bonchev–Trinajstić information content (AvgIpc) is 2.87. The third-order valence-corrected chi connectivity index (χ3v) is 6.48. The molecule has 0 N–H and O–H groups in total. The largest absolute Gasteiger partial charge is 0.361 e. The second-order valence-electron chi connectivity index (χ2n) is 7.28. The van der Waals surface area contributed by atoms with E-state index in [-0.39, 0.29) is 23.0 Å². The number of hydrogen-bond acceptors (Lipinski definition) is 5. The maximum Gasteiger partial charge on any atom is 0.310 e. The van der Waals surface area contributed by atoms with Crippen LogP contribution in [-0.4, -0.2) is 29.7 Å². The number of carbonyl (C=O) groups excluding carboxylic acids is 1. The normalized spacial score (nSPS) is 11.4. The topological polar surface area (TPSA) is 78.3 Å². The standard InChI is InChI=1S/C21H27ClN2O4S/c1-8-11-29(26,27)28-21-19(15(6)23-24(21)7)20(25)16-9-10-17(22)18(14(16)5)13(4)12(2)3/h9-10H,8,11H2,1-7H3. The first-order valence-electron chi connectivity index (χ1n) is 9.35. The molecule has 0 fully saturated rings. The fraction of sp³-hybridized carbons (Fsp3) is 0.429. The number of halogens is 1. The van der Waals surface area contributed by atoms with Gasteiger partial charge >= 0.3 is 10.1 Å². The Morgan fingerprint density at radius 2 is 1.79 bits per heavy atom. The molecule has 0 aliphatic carbocycles. The Kier molecular flexibility index (Phi) is 6.96. The molecule has 0 radical (unpaired) electrons. The highest BCUT2D eigenvalue weighted by Gasteiger charge is 2.28. The van der Waals surface area contributed by atoms with Crippen molar-refractivity contribution in [2.24, 2.45) is 7.05 Å². The van der Waals surface area contributed by atoms with E-state index in [1.165, 1.54) is 4.68 Å². The number of hydrogen-bond donors (Lipinski definition) is 0. The highest BCUT2D eigenvalue weighted by Crippen LogP contribution is 2.34. The molecule has 0 unspecified atom stereocenters. The highest BCUT2D eigenvalue weighted by molar-refractivity contribution is 7.87. The summed E-state index contributed by atoms with van der Waals surface area (Å²) < 4.78 is 31.0. The maximum absolute atomic E-state index is 13.4. The zero-order chi connectivity index (χ0) is 22.1. The van der Waals surface area contributed by atoms with Crippen LogP contribution in [0.4, 0.5) is 0 Å². The van der Waals surface area contributed by atoms with Crippen molar-refractivity contribution in [3.8, 4) is 5.88 Å². The van der Waals surface area contributed by atoms with Gasteiger partial charge in [0.15, 0.2) is 0 Å². The van der Waals surface area contributed by atoms with Gasteiger partial charge in [-0.05, 0) is 69.9 Å². The van der Waals surface area contributed by atoms with Crippen molar-refractivity contribution in [1.82, 2.24) is 9.78 Å². The number of aryl methyl sites for hydroxylation is 2. The summed E-state index contributed by atoms with van der Waals surface area (Å²) in [5, 5.41) is 4.76. The SMILES string of the molecule is CCCS(=O)(=O)Oc1c(C(=O)c2ccc(Cl)c(C(C)=C(C)C)c2C)c(C)nn1C. The summed E-state index contributed by atoms with van der Waals surface area (Å²) >= 11 is 6.41. The van der Waals surface area contributed by atoms with Gasteiger partial charge in [0.1, 0.15) is 5.56 Å². The van der Waals surface area contributed by atoms with E-state index < -0.39 is 10.1 Å². The number of nitrogens with zero attached hydrogens (tertiary/aromatic N) is 2. The summed E-state index contributed by atoms with van der Waals surface area (Å²) in [5.41, 5.74) is 4.58. The smallest absolute Gasteiger partial charge is 0.310 e. The summed E-state index contributed by atoms with van der Waals surface area (Å²) in [4.78, 5) is 13.4. The van der Waals surface area contributed by atoms with Crippen molar-refractivity contribution >= 4 is 33.1 Å². The second kappa shape index (κ2) is 8.71. The zero-order valence-corrected chi connectivity index (χ0v) is 19.5. The lowest BCUT2D eigenvalue weighted by Crippen LogP contribution is -2.17. The van der Waals surface area contributed by atoms with Gasteiger partial charge in [-0.1, -0.05) is 24.1 Å². The van der Waals surface area contributed by atoms with Gasteiger partial charge in [0.2, 0.25) is 11.7 Å². The van der Waals surface area contributed by atoms with Crippen LogP contribution in [-0.2, 0) is 17.2 Å². The summed E-state index contributed by atoms with van der Waals surface area (Å²) in [6, 6.07) is 3.34.